The molecular formula is C22H25NO8. The van der Waals surface area contributed by atoms with Crippen LogP contribution in [0.5, 0.6) is 0 Å². The molecule has 1 N–H and O–H groups in total. The molecule has 1 aromatic heterocycles. The third-order valence-electron chi connectivity index (χ3n) is 5.63. The zero-order valence-electron chi connectivity index (χ0n) is 18.0. The summed E-state index contributed by atoms with van der Waals surface area (Å²) in [6, 6.07) is 6.57. The molecule has 0 bridgehead atoms. The second-order valence-corrected chi connectivity index (χ2v) is 9.04. The highest BCUT2D eigenvalue weighted by molar-refractivity contribution is 5.96. The van der Waals surface area contributed by atoms with Crippen LogP contribution in [0.3, 0.4) is 0 Å². The van der Waals surface area contributed by atoms with Gasteiger partial charge in [0.1, 0.15) is 23.9 Å². The van der Waals surface area contributed by atoms with Crippen molar-refractivity contribution in [3.8, 4) is 0 Å². The van der Waals surface area contributed by atoms with Crippen molar-refractivity contribution in [1.29, 1.82) is 0 Å². The lowest BCUT2D eigenvalue weighted by Gasteiger charge is -2.36. The number of hydrogen-bond donors (Lipinski definition) is 1. The Morgan fingerprint density at radius 1 is 0.935 bits per heavy atom. The van der Waals surface area contributed by atoms with E-state index in [0.29, 0.717) is 11.3 Å². The highest BCUT2D eigenvalue weighted by Crippen LogP contribution is 2.44. The fraction of sp³-hybridized carbons (Fsp3) is 0.545. The van der Waals surface area contributed by atoms with Gasteiger partial charge in [-0.15, -0.1) is 0 Å². The molecule has 0 radical (unpaired) electrons. The van der Waals surface area contributed by atoms with Gasteiger partial charge in [0, 0.05) is 23.2 Å². The Morgan fingerprint density at radius 3 is 2.39 bits per heavy atom. The fourth-order valence-electron chi connectivity index (χ4n) is 4.44. The number of ether oxygens (including phenoxy) is 5. The first kappa shape index (κ1) is 20.6. The number of carbonyl (C=O) groups is 1. The van der Waals surface area contributed by atoms with E-state index in [-0.39, 0.29) is 0 Å². The van der Waals surface area contributed by atoms with E-state index in [1.54, 1.807) is 45.9 Å². The van der Waals surface area contributed by atoms with Crippen molar-refractivity contribution in [1.82, 2.24) is 0 Å². The average molecular weight is 431 g/mol. The predicted molar refractivity (Wildman–Crippen MR) is 108 cm³/mol. The third-order valence-corrected chi connectivity index (χ3v) is 5.63. The van der Waals surface area contributed by atoms with Gasteiger partial charge in [-0.3, -0.25) is 4.79 Å². The standard InChI is InChI=1S/C22H25NO8/c1-10-8-14(24)26-13-9-11(6-7-12(10)13)23-19(25)17-15-16(29-21(2,3)28-15)18-20(27-17)31-22(4,5)30-18/h6-9,15-18,20H,1-5H3,(H,23,25)/t15-,16-,17-,18-,20-/m1/s1. The Balaban J connectivity index is 1.42. The number of carbonyl (C=O) groups excluding carboxylic acids is 1. The first-order valence-corrected chi connectivity index (χ1v) is 10.2. The molecule has 3 saturated heterocycles. The van der Waals surface area contributed by atoms with E-state index in [1.807, 2.05) is 6.92 Å². The number of rotatable bonds is 2. The molecule has 9 heteroatoms. The fourth-order valence-corrected chi connectivity index (χ4v) is 4.44. The maximum Gasteiger partial charge on any atom is 0.336 e. The molecule has 3 fully saturated rings. The van der Waals surface area contributed by atoms with Gasteiger partial charge in [-0.1, -0.05) is 0 Å². The van der Waals surface area contributed by atoms with E-state index >= 15 is 0 Å². The minimum Gasteiger partial charge on any atom is -0.423 e. The van der Waals surface area contributed by atoms with Crippen LogP contribution < -0.4 is 10.9 Å². The quantitative estimate of drug-likeness (QED) is 0.723. The summed E-state index contributed by atoms with van der Waals surface area (Å²) in [6.07, 6.45) is -3.45. The summed E-state index contributed by atoms with van der Waals surface area (Å²) in [5.41, 5.74) is 1.21. The van der Waals surface area contributed by atoms with Gasteiger partial charge in [0.2, 0.25) is 0 Å². The summed E-state index contributed by atoms with van der Waals surface area (Å²) < 4.78 is 35.1. The molecule has 5 atom stereocenters. The van der Waals surface area contributed by atoms with Crippen molar-refractivity contribution < 1.29 is 32.9 Å². The Bertz CT molecular complexity index is 1110. The molecule has 2 aromatic rings. The maximum absolute atomic E-state index is 13.2. The Morgan fingerprint density at radius 2 is 1.61 bits per heavy atom. The molecule has 3 aliphatic rings. The molecule has 9 nitrogen and oxygen atoms in total. The maximum atomic E-state index is 13.2. The first-order chi connectivity index (χ1) is 14.5. The Kier molecular flexibility index (Phi) is 4.55. The van der Waals surface area contributed by atoms with Crippen LogP contribution in [0.1, 0.15) is 33.3 Å². The number of amides is 1. The number of hydrogen-bond acceptors (Lipinski definition) is 8. The van der Waals surface area contributed by atoms with Crippen molar-refractivity contribution in [2.75, 3.05) is 5.32 Å². The van der Waals surface area contributed by atoms with Gasteiger partial charge in [-0.05, 0) is 52.3 Å². The number of fused-ring (bicyclic) bond motifs is 4. The van der Waals surface area contributed by atoms with Gasteiger partial charge in [0.25, 0.3) is 5.91 Å². The lowest BCUT2D eigenvalue weighted by atomic mass is 9.98. The van der Waals surface area contributed by atoms with Gasteiger partial charge in [-0.2, -0.15) is 0 Å². The van der Waals surface area contributed by atoms with Crippen LogP contribution in [0.15, 0.2) is 33.5 Å². The number of aryl methyl sites for hydroxylation is 1. The molecule has 1 amide bonds. The summed E-state index contributed by atoms with van der Waals surface area (Å²) in [5, 5.41) is 3.62. The number of nitrogens with one attached hydrogen (secondary N) is 1. The van der Waals surface area contributed by atoms with Crippen LogP contribution in [-0.2, 0) is 28.5 Å². The van der Waals surface area contributed by atoms with Gasteiger partial charge in [-0.25, -0.2) is 4.79 Å². The largest absolute Gasteiger partial charge is 0.423 e. The highest BCUT2D eigenvalue weighted by atomic mass is 16.9. The molecule has 0 spiro atoms. The van der Waals surface area contributed by atoms with Crippen LogP contribution in [-0.4, -0.2) is 48.2 Å². The van der Waals surface area contributed by atoms with Crippen molar-refractivity contribution >= 4 is 22.6 Å². The summed E-state index contributed by atoms with van der Waals surface area (Å²) in [4.78, 5) is 24.9. The Hall–Kier alpha value is -2.30. The van der Waals surface area contributed by atoms with Crippen LogP contribution in [0.25, 0.3) is 11.0 Å². The lowest BCUT2D eigenvalue weighted by Crippen LogP contribution is -2.58. The molecule has 0 saturated carbocycles. The molecule has 31 heavy (non-hydrogen) atoms. The van der Waals surface area contributed by atoms with Crippen LogP contribution in [0, 0.1) is 6.92 Å². The second kappa shape index (κ2) is 6.85. The normalized spacial score (nSPS) is 33.1. The smallest absolute Gasteiger partial charge is 0.336 e. The summed E-state index contributed by atoms with van der Waals surface area (Å²) in [7, 11) is 0. The van der Waals surface area contributed by atoms with E-state index < -0.39 is 53.8 Å². The van der Waals surface area contributed by atoms with Crippen LogP contribution in [0.4, 0.5) is 5.69 Å². The van der Waals surface area contributed by atoms with Crippen molar-refractivity contribution in [2.45, 2.75) is 76.9 Å². The summed E-state index contributed by atoms with van der Waals surface area (Å²) >= 11 is 0. The highest BCUT2D eigenvalue weighted by Gasteiger charge is 2.62. The van der Waals surface area contributed by atoms with E-state index in [1.165, 1.54) is 6.07 Å². The van der Waals surface area contributed by atoms with E-state index in [9.17, 15) is 9.59 Å². The van der Waals surface area contributed by atoms with Gasteiger partial charge in [0.15, 0.2) is 24.0 Å². The third kappa shape index (κ3) is 3.66. The molecule has 166 valence electrons. The van der Waals surface area contributed by atoms with Crippen LogP contribution in [0.2, 0.25) is 0 Å². The molecule has 3 aliphatic heterocycles. The topological polar surface area (TPSA) is 105 Å². The second-order valence-electron chi connectivity index (χ2n) is 9.04. The average Bonchev–Trinajstić information content (AvgIpc) is 3.14. The molecule has 5 rings (SSSR count). The van der Waals surface area contributed by atoms with Crippen molar-refractivity contribution in [2.24, 2.45) is 0 Å². The van der Waals surface area contributed by atoms with E-state index in [2.05, 4.69) is 5.32 Å². The predicted octanol–water partition coefficient (Wildman–Crippen LogP) is 2.44. The number of benzene rings is 1. The van der Waals surface area contributed by atoms with Gasteiger partial charge in [0.05, 0.1) is 0 Å². The minimum atomic E-state index is -0.981. The molecule has 4 heterocycles. The Labute approximate surface area is 178 Å². The monoisotopic (exact) mass is 431 g/mol. The lowest BCUT2D eigenvalue weighted by molar-refractivity contribution is -0.229. The molecule has 0 unspecified atom stereocenters. The van der Waals surface area contributed by atoms with E-state index in [0.717, 1.165) is 10.9 Å². The molecule has 0 aliphatic carbocycles. The van der Waals surface area contributed by atoms with Crippen molar-refractivity contribution in [3.05, 3.63) is 40.2 Å². The SMILES string of the molecule is Cc1cc(=O)oc2cc(NC(=O)[C@@H]3O[C@@H]4OC(C)(C)O[C@@H]4[C@@H]4OC(C)(C)O[C@H]43)ccc12. The van der Waals surface area contributed by atoms with E-state index in [4.69, 9.17) is 28.1 Å². The zero-order chi connectivity index (χ0) is 22.1. The van der Waals surface area contributed by atoms with Crippen molar-refractivity contribution in [3.63, 3.8) is 0 Å². The van der Waals surface area contributed by atoms with Gasteiger partial charge < -0.3 is 33.4 Å². The number of anilines is 1. The van der Waals surface area contributed by atoms with Crippen LogP contribution >= 0.6 is 0 Å². The zero-order valence-corrected chi connectivity index (χ0v) is 18.0. The molecular weight excluding hydrogens is 406 g/mol. The molecule has 1 aromatic carbocycles. The van der Waals surface area contributed by atoms with Gasteiger partial charge >= 0.3 is 5.63 Å². The first-order valence-electron chi connectivity index (χ1n) is 10.2. The summed E-state index contributed by atoms with van der Waals surface area (Å²) in [5.74, 6) is -2.18. The minimum absolute atomic E-state index is 0.390. The summed E-state index contributed by atoms with van der Waals surface area (Å²) in [6.45, 7) is 8.96.